The van der Waals surface area contributed by atoms with Gasteiger partial charge in [-0.15, -0.1) is 0 Å². The van der Waals surface area contributed by atoms with Gasteiger partial charge in [0.05, 0.1) is 13.2 Å². The molecule has 2 nitrogen and oxygen atoms in total. The average molecular weight is 276 g/mol. The molecule has 0 saturated carbocycles. The van der Waals surface area contributed by atoms with Crippen molar-refractivity contribution >= 4 is 0 Å². The third kappa shape index (κ3) is 3.54. The van der Waals surface area contributed by atoms with Crippen molar-refractivity contribution in [2.24, 2.45) is 5.92 Å². The largest absolute Gasteiger partial charge is 0.496 e. The van der Waals surface area contributed by atoms with E-state index in [1.54, 1.807) is 7.11 Å². The highest BCUT2D eigenvalue weighted by Crippen LogP contribution is 2.35. The van der Waals surface area contributed by atoms with Crippen LogP contribution in [0, 0.1) is 5.92 Å². The maximum absolute atomic E-state index is 6.14. The monoisotopic (exact) mass is 276 g/mol. The minimum Gasteiger partial charge on any atom is -0.496 e. The lowest BCUT2D eigenvalue weighted by atomic mass is 9.79. The molecule has 1 aromatic rings. The molecule has 0 bridgehead atoms. The molecule has 0 fully saturated rings. The molecule has 112 valence electrons. The van der Waals surface area contributed by atoms with Gasteiger partial charge in [0.2, 0.25) is 0 Å². The second kappa shape index (κ2) is 7.68. The van der Waals surface area contributed by atoms with Gasteiger partial charge in [-0.3, -0.25) is 0 Å². The number of unbranched alkanes of at least 4 members (excludes halogenated alkanes) is 1. The van der Waals surface area contributed by atoms with Crippen LogP contribution in [0.4, 0.5) is 0 Å². The van der Waals surface area contributed by atoms with Crippen LogP contribution in [0.5, 0.6) is 5.75 Å². The Labute approximate surface area is 123 Å². The van der Waals surface area contributed by atoms with Gasteiger partial charge in [0.1, 0.15) is 5.75 Å². The molecule has 20 heavy (non-hydrogen) atoms. The van der Waals surface area contributed by atoms with Crippen molar-refractivity contribution in [3.8, 4) is 5.75 Å². The Kier molecular flexibility index (Phi) is 5.90. The van der Waals surface area contributed by atoms with E-state index in [9.17, 15) is 0 Å². The number of rotatable bonds is 7. The molecule has 0 radical (unpaired) electrons. The van der Waals surface area contributed by atoms with Crippen LogP contribution in [0.25, 0.3) is 0 Å². The van der Waals surface area contributed by atoms with E-state index in [2.05, 4.69) is 32.0 Å². The number of hydrogen-bond acceptors (Lipinski definition) is 2. The standard InChI is InChI=1S/C18H28O2/c1-4-6-8-15-12-14-9-7-10-17(19-3)16(14)13-18(15)20-11-5-2/h7,9-10,15,18H,4-6,8,11-13H2,1-3H3/t15-,18?/m1/s1. The van der Waals surface area contributed by atoms with Crippen LogP contribution in [-0.4, -0.2) is 19.8 Å². The quantitative estimate of drug-likeness (QED) is 0.735. The van der Waals surface area contributed by atoms with E-state index in [1.807, 2.05) is 0 Å². The number of benzene rings is 1. The van der Waals surface area contributed by atoms with Crippen molar-refractivity contribution in [1.82, 2.24) is 0 Å². The van der Waals surface area contributed by atoms with Crippen molar-refractivity contribution in [3.05, 3.63) is 29.3 Å². The first-order chi connectivity index (χ1) is 9.80. The molecule has 1 aromatic carbocycles. The Morgan fingerprint density at radius 1 is 1.15 bits per heavy atom. The topological polar surface area (TPSA) is 18.5 Å². The molecule has 0 amide bonds. The minimum absolute atomic E-state index is 0.366. The third-order valence-corrected chi connectivity index (χ3v) is 4.33. The fourth-order valence-electron chi connectivity index (χ4n) is 3.23. The first kappa shape index (κ1) is 15.4. The number of ether oxygens (including phenoxy) is 2. The highest BCUT2D eigenvalue weighted by Gasteiger charge is 2.30. The summed E-state index contributed by atoms with van der Waals surface area (Å²) in [5.74, 6) is 1.70. The van der Waals surface area contributed by atoms with Crippen LogP contribution in [0.3, 0.4) is 0 Å². The smallest absolute Gasteiger partial charge is 0.122 e. The summed E-state index contributed by atoms with van der Waals surface area (Å²) in [4.78, 5) is 0. The van der Waals surface area contributed by atoms with Gasteiger partial charge in [-0.05, 0) is 42.4 Å². The molecule has 1 unspecified atom stereocenters. The van der Waals surface area contributed by atoms with Crippen molar-refractivity contribution in [1.29, 1.82) is 0 Å². The van der Waals surface area contributed by atoms with E-state index < -0.39 is 0 Å². The van der Waals surface area contributed by atoms with Crippen molar-refractivity contribution in [3.63, 3.8) is 0 Å². The fraction of sp³-hybridized carbons (Fsp3) is 0.667. The lowest BCUT2D eigenvalue weighted by Gasteiger charge is -2.34. The maximum atomic E-state index is 6.14. The van der Waals surface area contributed by atoms with Gasteiger partial charge in [-0.2, -0.15) is 0 Å². The van der Waals surface area contributed by atoms with E-state index in [0.717, 1.165) is 31.6 Å². The zero-order valence-electron chi connectivity index (χ0n) is 13.2. The van der Waals surface area contributed by atoms with Crippen molar-refractivity contribution in [2.45, 2.75) is 58.5 Å². The Morgan fingerprint density at radius 3 is 2.70 bits per heavy atom. The predicted octanol–water partition coefficient (Wildman–Crippen LogP) is 4.40. The Morgan fingerprint density at radius 2 is 2.00 bits per heavy atom. The van der Waals surface area contributed by atoms with Crippen LogP contribution in [0.1, 0.15) is 50.7 Å². The summed E-state index contributed by atoms with van der Waals surface area (Å²) in [5, 5.41) is 0. The molecule has 0 aliphatic heterocycles. The zero-order chi connectivity index (χ0) is 14.4. The second-order valence-electron chi connectivity index (χ2n) is 5.82. The van der Waals surface area contributed by atoms with Gasteiger partial charge in [0.25, 0.3) is 0 Å². The summed E-state index contributed by atoms with van der Waals surface area (Å²) in [5.41, 5.74) is 2.82. The number of hydrogen-bond donors (Lipinski definition) is 0. The van der Waals surface area contributed by atoms with Crippen molar-refractivity contribution in [2.75, 3.05) is 13.7 Å². The predicted molar refractivity (Wildman–Crippen MR) is 83.4 cm³/mol. The molecule has 0 aromatic heterocycles. The summed E-state index contributed by atoms with van der Waals surface area (Å²) in [7, 11) is 1.76. The molecule has 0 saturated heterocycles. The molecule has 2 rings (SSSR count). The van der Waals surface area contributed by atoms with E-state index >= 15 is 0 Å². The maximum Gasteiger partial charge on any atom is 0.122 e. The Bertz CT molecular complexity index is 414. The summed E-state index contributed by atoms with van der Waals surface area (Å²) < 4.78 is 11.7. The van der Waals surface area contributed by atoms with E-state index in [1.165, 1.54) is 30.4 Å². The lowest BCUT2D eigenvalue weighted by molar-refractivity contribution is 0.00406. The summed E-state index contributed by atoms with van der Waals surface area (Å²) in [6, 6.07) is 6.44. The Balaban J connectivity index is 2.17. The van der Waals surface area contributed by atoms with Crippen LogP contribution >= 0.6 is 0 Å². The average Bonchev–Trinajstić information content (AvgIpc) is 2.49. The van der Waals surface area contributed by atoms with Crippen LogP contribution in [0.2, 0.25) is 0 Å². The van der Waals surface area contributed by atoms with Crippen molar-refractivity contribution < 1.29 is 9.47 Å². The summed E-state index contributed by atoms with van der Waals surface area (Å²) >= 11 is 0. The summed E-state index contributed by atoms with van der Waals surface area (Å²) in [6.45, 7) is 5.32. The molecule has 1 aliphatic carbocycles. The molecule has 2 atom stereocenters. The molecule has 1 aliphatic rings. The van der Waals surface area contributed by atoms with Gasteiger partial charge in [-0.25, -0.2) is 0 Å². The molecular formula is C18H28O2. The first-order valence-electron chi connectivity index (χ1n) is 8.06. The Hall–Kier alpha value is -1.02. The number of fused-ring (bicyclic) bond motifs is 1. The highest BCUT2D eigenvalue weighted by molar-refractivity contribution is 5.42. The molecule has 0 spiro atoms. The van der Waals surface area contributed by atoms with Crippen LogP contribution in [-0.2, 0) is 17.6 Å². The SMILES string of the molecule is CCCC[C@@H]1Cc2cccc(OC)c2CC1OCCC. The molecular weight excluding hydrogens is 248 g/mol. The molecule has 0 heterocycles. The number of methoxy groups -OCH3 is 1. The van der Waals surface area contributed by atoms with Crippen LogP contribution < -0.4 is 4.74 Å². The second-order valence-corrected chi connectivity index (χ2v) is 5.82. The fourth-order valence-corrected chi connectivity index (χ4v) is 3.23. The lowest BCUT2D eigenvalue weighted by Crippen LogP contribution is -2.33. The van der Waals surface area contributed by atoms with Gasteiger partial charge < -0.3 is 9.47 Å². The highest BCUT2D eigenvalue weighted by atomic mass is 16.5. The molecule has 2 heteroatoms. The molecule has 0 N–H and O–H groups in total. The third-order valence-electron chi connectivity index (χ3n) is 4.33. The first-order valence-corrected chi connectivity index (χ1v) is 8.06. The zero-order valence-corrected chi connectivity index (χ0v) is 13.2. The van der Waals surface area contributed by atoms with Gasteiger partial charge in [0, 0.05) is 13.0 Å². The summed E-state index contributed by atoms with van der Waals surface area (Å²) in [6.07, 6.45) is 7.45. The van der Waals surface area contributed by atoms with E-state index in [0.29, 0.717) is 12.0 Å². The normalized spacial score (nSPS) is 21.6. The van der Waals surface area contributed by atoms with E-state index in [-0.39, 0.29) is 0 Å². The van der Waals surface area contributed by atoms with Crippen LogP contribution in [0.15, 0.2) is 18.2 Å². The van der Waals surface area contributed by atoms with Gasteiger partial charge >= 0.3 is 0 Å². The van der Waals surface area contributed by atoms with Gasteiger partial charge in [0.15, 0.2) is 0 Å². The van der Waals surface area contributed by atoms with Gasteiger partial charge in [-0.1, -0.05) is 38.8 Å². The minimum atomic E-state index is 0.366. The van der Waals surface area contributed by atoms with E-state index in [4.69, 9.17) is 9.47 Å².